The summed E-state index contributed by atoms with van der Waals surface area (Å²) in [5.41, 5.74) is -1.02. The van der Waals surface area contributed by atoms with Crippen LogP contribution >= 0.6 is 0 Å². The number of benzene rings is 1. The van der Waals surface area contributed by atoms with Crippen molar-refractivity contribution < 1.29 is 18.7 Å². The Balaban J connectivity index is 2.94. The zero-order valence-electron chi connectivity index (χ0n) is 11.4. The summed E-state index contributed by atoms with van der Waals surface area (Å²) in [6.07, 6.45) is 0. The van der Waals surface area contributed by atoms with Gasteiger partial charge in [-0.05, 0) is 40.1 Å². The van der Waals surface area contributed by atoms with Crippen LogP contribution in [-0.4, -0.2) is 42.2 Å². The van der Waals surface area contributed by atoms with Gasteiger partial charge in [-0.25, -0.2) is 13.6 Å². The maximum atomic E-state index is 13.7. The van der Waals surface area contributed by atoms with Crippen LogP contribution in [0.15, 0.2) is 12.1 Å². The molecule has 0 spiro atoms. The average Bonchev–Trinajstić information content (AvgIpc) is 2.27. The summed E-state index contributed by atoms with van der Waals surface area (Å²) in [6.45, 7) is 4.16. The summed E-state index contributed by atoms with van der Waals surface area (Å²) in [5, 5.41) is 11.4. The van der Waals surface area contributed by atoms with Crippen LogP contribution in [0.4, 0.5) is 14.5 Å². The summed E-state index contributed by atoms with van der Waals surface area (Å²) in [7, 11) is 3.73. The fraction of sp³-hybridized carbons (Fsp3) is 0.462. The molecule has 6 heteroatoms. The standard InChI is InChI=1S/C13H18F2N2O2/c1-13(2,17(3)4)7-16-11-9(14)5-8(12(18)19)6-10(11)15/h5-6,16H,7H2,1-4H3,(H,18,19). The topological polar surface area (TPSA) is 52.6 Å². The molecule has 1 aromatic carbocycles. The fourth-order valence-electron chi connectivity index (χ4n) is 1.33. The minimum atomic E-state index is -1.36. The van der Waals surface area contributed by atoms with Crippen LogP contribution in [-0.2, 0) is 0 Å². The molecule has 0 amide bonds. The summed E-state index contributed by atoms with van der Waals surface area (Å²) in [4.78, 5) is 12.6. The fourth-order valence-corrected chi connectivity index (χ4v) is 1.33. The van der Waals surface area contributed by atoms with Gasteiger partial charge in [0.1, 0.15) is 17.3 Å². The van der Waals surface area contributed by atoms with Gasteiger partial charge in [-0.2, -0.15) is 0 Å². The summed E-state index contributed by atoms with van der Waals surface area (Å²) < 4.78 is 27.3. The second-order valence-electron chi connectivity index (χ2n) is 5.18. The SMILES string of the molecule is CN(C)C(C)(C)CNc1c(F)cc(C(=O)O)cc1F. The van der Waals surface area contributed by atoms with E-state index in [0.717, 1.165) is 12.1 Å². The molecule has 0 saturated heterocycles. The molecule has 0 fully saturated rings. The third-order valence-electron chi connectivity index (χ3n) is 3.20. The van der Waals surface area contributed by atoms with Crippen LogP contribution in [0.2, 0.25) is 0 Å². The highest BCUT2D eigenvalue weighted by Crippen LogP contribution is 2.22. The van der Waals surface area contributed by atoms with E-state index in [1.54, 1.807) is 0 Å². The first-order valence-corrected chi connectivity index (χ1v) is 5.79. The molecule has 106 valence electrons. The maximum absolute atomic E-state index is 13.7. The van der Waals surface area contributed by atoms with Gasteiger partial charge in [0.15, 0.2) is 0 Å². The third-order valence-corrected chi connectivity index (χ3v) is 3.20. The number of aromatic carboxylic acids is 1. The molecule has 1 aromatic rings. The van der Waals surface area contributed by atoms with Crippen LogP contribution in [0.3, 0.4) is 0 Å². The van der Waals surface area contributed by atoms with E-state index < -0.39 is 23.2 Å². The second-order valence-corrected chi connectivity index (χ2v) is 5.18. The van der Waals surface area contributed by atoms with Crippen molar-refractivity contribution in [1.82, 2.24) is 4.90 Å². The van der Waals surface area contributed by atoms with Gasteiger partial charge in [0, 0.05) is 12.1 Å². The Hall–Kier alpha value is -1.69. The maximum Gasteiger partial charge on any atom is 0.335 e. The summed E-state index contributed by atoms with van der Waals surface area (Å²) >= 11 is 0. The first kappa shape index (κ1) is 15.4. The molecule has 0 saturated carbocycles. The van der Waals surface area contributed by atoms with E-state index >= 15 is 0 Å². The van der Waals surface area contributed by atoms with Crippen LogP contribution in [0, 0.1) is 11.6 Å². The monoisotopic (exact) mass is 272 g/mol. The number of likely N-dealkylation sites (N-methyl/N-ethyl adjacent to an activating group) is 1. The van der Waals surface area contributed by atoms with Crippen LogP contribution in [0.25, 0.3) is 0 Å². The molecule has 0 aliphatic heterocycles. The smallest absolute Gasteiger partial charge is 0.335 e. The van der Waals surface area contributed by atoms with Crippen LogP contribution in [0.1, 0.15) is 24.2 Å². The zero-order chi connectivity index (χ0) is 14.8. The van der Waals surface area contributed by atoms with E-state index in [9.17, 15) is 13.6 Å². The Labute approximate surface area is 111 Å². The molecule has 0 bridgehead atoms. The number of hydrogen-bond donors (Lipinski definition) is 2. The molecular formula is C13H18F2N2O2. The Morgan fingerprint density at radius 3 is 2.16 bits per heavy atom. The number of nitrogens with zero attached hydrogens (tertiary/aromatic N) is 1. The predicted molar refractivity (Wildman–Crippen MR) is 69.6 cm³/mol. The summed E-state index contributed by atoms with van der Waals surface area (Å²) in [5.74, 6) is -3.18. The molecule has 0 atom stereocenters. The number of halogens is 2. The number of carboxylic acid groups (broad SMARTS) is 1. The van der Waals surface area contributed by atoms with E-state index in [1.807, 2.05) is 32.8 Å². The molecule has 2 N–H and O–H groups in total. The number of nitrogens with one attached hydrogen (secondary N) is 1. The normalized spacial score (nSPS) is 11.7. The lowest BCUT2D eigenvalue weighted by atomic mass is 10.0. The molecule has 0 heterocycles. The minimum Gasteiger partial charge on any atom is -0.478 e. The Bertz CT molecular complexity index is 465. The molecule has 19 heavy (non-hydrogen) atoms. The van der Waals surface area contributed by atoms with Crippen molar-refractivity contribution in [3.05, 3.63) is 29.3 Å². The predicted octanol–water partition coefficient (Wildman–Crippen LogP) is 2.42. The van der Waals surface area contributed by atoms with Gasteiger partial charge >= 0.3 is 5.97 Å². The Morgan fingerprint density at radius 1 is 1.32 bits per heavy atom. The third kappa shape index (κ3) is 3.64. The van der Waals surface area contributed by atoms with Crippen molar-refractivity contribution in [2.45, 2.75) is 19.4 Å². The number of carboxylic acids is 1. The summed E-state index contributed by atoms with van der Waals surface area (Å²) in [6, 6.07) is 1.60. The lowest BCUT2D eigenvalue weighted by Gasteiger charge is -2.33. The van der Waals surface area contributed by atoms with E-state index in [-0.39, 0.29) is 11.2 Å². The first-order valence-electron chi connectivity index (χ1n) is 5.79. The van der Waals surface area contributed by atoms with Gasteiger partial charge in [0.2, 0.25) is 0 Å². The lowest BCUT2D eigenvalue weighted by molar-refractivity contribution is 0.0696. The number of rotatable bonds is 5. The number of anilines is 1. The highest BCUT2D eigenvalue weighted by Gasteiger charge is 2.22. The highest BCUT2D eigenvalue weighted by atomic mass is 19.1. The molecule has 0 unspecified atom stereocenters. The van der Waals surface area contributed by atoms with Crippen molar-refractivity contribution in [1.29, 1.82) is 0 Å². The van der Waals surface area contributed by atoms with Gasteiger partial charge in [-0.3, -0.25) is 0 Å². The van der Waals surface area contributed by atoms with E-state index in [4.69, 9.17) is 5.11 Å². The van der Waals surface area contributed by atoms with E-state index in [2.05, 4.69) is 5.32 Å². The molecular weight excluding hydrogens is 254 g/mol. The molecule has 0 aliphatic carbocycles. The van der Waals surface area contributed by atoms with Gasteiger partial charge in [0.05, 0.1) is 5.56 Å². The first-order chi connectivity index (χ1) is 8.65. The van der Waals surface area contributed by atoms with E-state index in [0.29, 0.717) is 6.54 Å². The highest BCUT2D eigenvalue weighted by molar-refractivity contribution is 5.88. The molecule has 0 radical (unpaired) electrons. The van der Waals surface area contributed by atoms with Gasteiger partial charge in [-0.15, -0.1) is 0 Å². The van der Waals surface area contributed by atoms with Crippen LogP contribution < -0.4 is 5.32 Å². The van der Waals surface area contributed by atoms with Crippen molar-refractivity contribution in [3.8, 4) is 0 Å². The van der Waals surface area contributed by atoms with Crippen molar-refractivity contribution >= 4 is 11.7 Å². The van der Waals surface area contributed by atoms with Crippen molar-refractivity contribution in [3.63, 3.8) is 0 Å². The molecule has 0 aliphatic rings. The van der Waals surface area contributed by atoms with E-state index in [1.165, 1.54) is 0 Å². The largest absolute Gasteiger partial charge is 0.478 e. The second kappa shape index (κ2) is 5.52. The minimum absolute atomic E-state index is 0.301. The Kier molecular flexibility index (Phi) is 4.47. The number of hydrogen-bond acceptors (Lipinski definition) is 3. The average molecular weight is 272 g/mol. The quantitative estimate of drug-likeness (QED) is 0.864. The molecule has 4 nitrogen and oxygen atoms in total. The Morgan fingerprint density at radius 2 is 1.79 bits per heavy atom. The zero-order valence-corrected chi connectivity index (χ0v) is 11.4. The van der Waals surface area contributed by atoms with Crippen molar-refractivity contribution in [2.24, 2.45) is 0 Å². The van der Waals surface area contributed by atoms with Gasteiger partial charge in [-0.1, -0.05) is 0 Å². The van der Waals surface area contributed by atoms with Crippen LogP contribution in [0.5, 0.6) is 0 Å². The van der Waals surface area contributed by atoms with Crippen molar-refractivity contribution in [2.75, 3.05) is 26.0 Å². The lowest BCUT2D eigenvalue weighted by Crippen LogP contribution is -2.44. The van der Waals surface area contributed by atoms with Gasteiger partial charge < -0.3 is 15.3 Å². The molecule has 0 aromatic heterocycles. The molecule has 1 rings (SSSR count). The number of carbonyl (C=O) groups is 1. The van der Waals surface area contributed by atoms with Gasteiger partial charge in [0.25, 0.3) is 0 Å².